The maximum absolute atomic E-state index is 13.4. The van der Waals surface area contributed by atoms with Crippen molar-refractivity contribution in [2.75, 3.05) is 23.0 Å². The third-order valence-corrected chi connectivity index (χ3v) is 5.89. The summed E-state index contributed by atoms with van der Waals surface area (Å²) in [5, 5.41) is 1.10. The van der Waals surface area contributed by atoms with E-state index in [4.69, 9.17) is 0 Å². The summed E-state index contributed by atoms with van der Waals surface area (Å²) in [6.07, 6.45) is -2.41. The summed E-state index contributed by atoms with van der Waals surface area (Å²) in [4.78, 5) is 22.4. The van der Waals surface area contributed by atoms with Crippen LogP contribution >= 0.6 is 23.1 Å². The van der Waals surface area contributed by atoms with Crippen LogP contribution in [0, 0.1) is 24.6 Å². The standard InChI is InChI=1S/C19H19F4N3OS2/c1-3-4-7-26(16(27)5-8-28-9-6-19(21,22)23)18-13(2)25-17(29-18)14-10-15(20)12-24-11-14/h10-12H,5-9H2,1-2H3. The van der Waals surface area contributed by atoms with E-state index < -0.39 is 18.4 Å². The molecule has 0 saturated heterocycles. The largest absolute Gasteiger partial charge is 0.389 e. The summed E-state index contributed by atoms with van der Waals surface area (Å²) in [6, 6.07) is 1.31. The molecule has 0 unspecified atom stereocenters. The molecule has 2 aromatic heterocycles. The van der Waals surface area contributed by atoms with Crippen molar-refractivity contribution in [3.8, 4) is 22.4 Å². The maximum Gasteiger partial charge on any atom is 0.389 e. The van der Waals surface area contributed by atoms with Gasteiger partial charge in [-0.2, -0.15) is 24.9 Å². The zero-order valence-corrected chi connectivity index (χ0v) is 17.5. The van der Waals surface area contributed by atoms with Crippen LogP contribution < -0.4 is 4.90 Å². The van der Waals surface area contributed by atoms with E-state index >= 15 is 0 Å². The van der Waals surface area contributed by atoms with E-state index in [-0.39, 0.29) is 30.4 Å². The lowest BCUT2D eigenvalue weighted by Crippen LogP contribution is -2.31. The first-order valence-electron chi connectivity index (χ1n) is 8.64. The molecule has 2 rings (SSSR count). The van der Waals surface area contributed by atoms with Gasteiger partial charge in [0.15, 0.2) is 0 Å². The number of rotatable bonds is 8. The van der Waals surface area contributed by atoms with E-state index in [1.54, 1.807) is 13.8 Å². The first-order chi connectivity index (χ1) is 13.7. The molecule has 2 heterocycles. The molecular formula is C19H19F4N3OS2. The molecule has 0 aliphatic carbocycles. The number of aromatic nitrogens is 2. The molecule has 0 saturated carbocycles. The van der Waals surface area contributed by atoms with Crippen LogP contribution in [-0.2, 0) is 4.79 Å². The number of halogens is 4. The molecule has 0 aromatic carbocycles. The van der Waals surface area contributed by atoms with Crippen LogP contribution in [0.1, 0.15) is 25.5 Å². The predicted octanol–water partition coefficient (Wildman–Crippen LogP) is 5.08. The van der Waals surface area contributed by atoms with Gasteiger partial charge in [-0.1, -0.05) is 17.3 Å². The number of carbonyl (C=O) groups excluding carboxylic acids is 1. The van der Waals surface area contributed by atoms with Gasteiger partial charge in [0.1, 0.15) is 15.8 Å². The van der Waals surface area contributed by atoms with Crippen molar-refractivity contribution in [1.82, 2.24) is 9.97 Å². The number of alkyl halides is 3. The number of amides is 1. The molecule has 0 aliphatic rings. The molecule has 4 nitrogen and oxygen atoms in total. The Bertz CT molecular complexity index is 903. The highest BCUT2D eigenvalue weighted by atomic mass is 32.2. The van der Waals surface area contributed by atoms with E-state index in [0.717, 1.165) is 18.0 Å². The van der Waals surface area contributed by atoms with Crippen molar-refractivity contribution >= 4 is 34.0 Å². The van der Waals surface area contributed by atoms with Gasteiger partial charge in [-0.25, -0.2) is 9.37 Å². The highest BCUT2D eigenvalue weighted by Crippen LogP contribution is 2.34. The average molecular weight is 446 g/mol. The maximum atomic E-state index is 13.4. The Labute approximate surface area is 174 Å². The highest BCUT2D eigenvalue weighted by molar-refractivity contribution is 7.99. The molecule has 10 heteroatoms. The average Bonchev–Trinajstić information content (AvgIpc) is 3.02. The Balaban J connectivity index is 2.11. The van der Waals surface area contributed by atoms with E-state index in [0.29, 0.717) is 21.3 Å². The van der Waals surface area contributed by atoms with Crippen LogP contribution in [0.2, 0.25) is 0 Å². The lowest BCUT2D eigenvalue weighted by atomic mass is 10.3. The van der Waals surface area contributed by atoms with Gasteiger partial charge in [0, 0.05) is 29.7 Å². The van der Waals surface area contributed by atoms with Gasteiger partial charge in [-0.3, -0.25) is 14.7 Å². The van der Waals surface area contributed by atoms with Crippen molar-refractivity contribution in [3.63, 3.8) is 0 Å². The zero-order valence-electron chi connectivity index (χ0n) is 15.8. The highest BCUT2D eigenvalue weighted by Gasteiger charge is 2.26. The number of thioether (sulfide) groups is 1. The number of thiazole rings is 1. The van der Waals surface area contributed by atoms with Gasteiger partial charge in [0.05, 0.1) is 24.9 Å². The number of aryl methyl sites for hydroxylation is 1. The first kappa shape index (κ1) is 23.2. The molecular weight excluding hydrogens is 426 g/mol. The Kier molecular flexibility index (Phi) is 8.46. The summed E-state index contributed by atoms with van der Waals surface area (Å²) in [6.45, 7) is 3.53. The monoisotopic (exact) mass is 445 g/mol. The summed E-state index contributed by atoms with van der Waals surface area (Å²) in [7, 11) is 0. The number of carbonyl (C=O) groups is 1. The second-order valence-electron chi connectivity index (χ2n) is 5.94. The van der Waals surface area contributed by atoms with Crippen LogP contribution in [0.5, 0.6) is 0 Å². The number of pyridine rings is 1. The number of hydrogen-bond donors (Lipinski definition) is 0. The van der Waals surface area contributed by atoms with E-state index in [1.165, 1.54) is 28.5 Å². The molecule has 0 radical (unpaired) electrons. The smallest absolute Gasteiger partial charge is 0.290 e. The zero-order chi connectivity index (χ0) is 21.4. The van der Waals surface area contributed by atoms with Crippen molar-refractivity contribution < 1.29 is 22.4 Å². The third-order valence-electron chi connectivity index (χ3n) is 3.67. The van der Waals surface area contributed by atoms with Crippen LogP contribution in [-0.4, -0.2) is 40.1 Å². The quantitative estimate of drug-likeness (QED) is 0.323. The molecule has 0 fully saturated rings. The summed E-state index contributed by atoms with van der Waals surface area (Å²) in [5.74, 6) is 5.04. The fraction of sp³-hybridized carbons (Fsp3) is 0.421. The van der Waals surface area contributed by atoms with Crippen LogP contribution in [0.15, 0.2) is 18.5 Å². The second-order valence-corrected chi connectivity index (χ2v) is 8.14. The van der Waals surface area contributed by atoms with Crippen molar-refractivity contribution in [2.24, 2.45) is 0 Å². The Morgan fingerprint density at radius 2 is 2.07 bits per heavy atom. The lowest BCUT2D eigenvalue weighted by Gasteiger charge is -2.19. The summed E-state index contributed by atoms with van der Waals surface area (Å²) in [5.41, 5.74) is 1.09. The number of nitrogens with zero attached hydrogens (tertiary/aromatic N) is 3. The fourth-order valence-corrected chi connectivity index (χ4v) is 4.27. The van der Waals surface area contributed by atoms with Crippen LogP contribution in [0.4, 0.5) is 22.6 Å². The lowest BCUT2D eigenvalue weighted by molar-refractivity contribution is -0.129. The van der Waals surface area contributed by atoms with Gasteiger partial charge in [-0.15, -0.1) is 5.92 Å². The minimum Gasteiger partial charge on any atom is -0.290 e. The molecule has 156 valence electrons. The minimum absolute atomic E-state index is 0.0815. The summed E-state index contributed by atoms with van der Waals surface area (Å²) < 4.78 is 50.1. The normalized spacial score (nSPS) is 11.1. The van der Waals surface area contributed by atoms with E-state index in [2.05, 4.69) is 21.8 Å². The van der Waals surface area contributed by atoms with Gasteiger partial charge >= 0.3 is 6.18 Å². The van der Waals surface area contributed by atoms with Gasteiger partial charge in [-0.05, 0) is 19.9 Å². The molecule has 0 N–H and O–H groups in total. The Morgan fingerprint density at radius 1 is 1.31 bits per heavy atom. The summed E-state index contributed by atoms with van der Waals surface area (Å²) >= 11 is 2.31. The Hall–Kier alpha value is -2.12. The molecule has 0 bridgehead atoms. The predicted molar refractivity (Wildman–Crippen MR) is 108 cm³/mol. The van der Waals surface area contributed by atoms with Crippen molar-refractivity contribution in [3.05, 3.63) is 30.0 Å². The molecule has 0 spiro atoms. The van der Waals surface area contributed by atoms with Gasteiger partial charge < -0.3 is 0 Å². The number of anilines is 1. The topological polar surface area (TPSA) is 46.1 Å². The first-order valence-corrected chi connectivity index (χ1v) is 10.6. The fourth-order valence-electron chi connectivity index (χ4n) is 2.31. The van der Waals surface area contributed by atoms with E-state index in [9.17, 15) is 22.4 Å². The van der Waals surface area contributed by atoms with Crippen molar-refractivity contribution in [2.45, 2.75) is 32.9 Å². The number of hydrogen-bond acceptors (Lipinski definition) is 5. The minimum atomic E-state index is -4.19. The van der Waals surface area contributed by atoms with Gasteiger partial charge in [0.25, 0.3) is 0 Å². The van der Waals surface area contributed by atoms with Crippen molar-refractivity contribution in [1.29, 1.82) is 0 Å². The third kappa shape index (κ3) is 7.33. The van der Waals surface area contributed by atoms with Crippen LogP contribution in [0.3, 0.4) is 0 Å². The molecule has 1 amide bonds. The second kappa shape index (κ2) is 10.6. The van der Waals surface area contributed by atoms with Crippen LogP contribution in [0.25, 0.3) is 10.6 Å². The molecule has 29 heavy (non-hydrogen) atoms. The SMILES string of the molecule is CC#CCN(C(=O)CCSCCC(F)(F)F)c1sc(-c2cncc(F)c2)nc1C. The molecule has 0 atom stereocenters. The molecule has 0 aliphatic heterocycles. The van der Waals surface area contributed by atoms with E-state index in [1.807, 2.05) is 0 Å². The molecule has 2 aromatic rings. The Morgan fingerprint density at radius 3 is 2.72 bits per heavy atom. The van der Waals surface area contributed by atoms with Gasteiger partial charge in [0.2, 0.25) is 5.91 Å².